The fourth-order valence-electron chi connectivity index (χ4n) is 2.02. The molecule has 2 rings (SSSR count). The molecule has 1 aromatic carbocycles. The molecule has 0 atom stereocenters. The van der Waals surface area contributed by atoms with Crippen LogP contribution >= 0.6 is 0 Å². The molecule has 0 saturated carbocycles. The number of rotatable bonds is 6. The van der Waals surface area contributed by atoms with E-state index < -0.39 is 16.6 Å². The van der Waals surface area contributed by atoms with E-state index >= 15 is 0 Å². The van der Waals surface area contributed by atoms with Gasteiger partial charge in [0.2, 0.25) is 0 Å². The van der Waals surface area contributed by atoms with Gasteiger partial charge in [-0.1, -0.05) is 12.1 Å². The van der Waals surface area contributed by atoms with Gasteiger partial charge in [0.05, 0.1) is 10.6 Å². The lowest BCUT2D eigenvalue weighted by Crippen LogP contribution is -2.17. The third-order valence-electron chi connectivity index (χ3n) is 2.93. The molecule has 110 valence electrons. The second-order valence-electron chi connectivity index (χ2n) is 4.46. The summed E-state index contributed by atoms with van der Waals surface area (Å²) in [6.07, 6.45) is 1.80. The Morgan fingerprint density at radius 2 is 2.19 bits per heavy atom. The van der Waals surface area contributed by atoms with E-state index in [9.17, 15) is 14.9 Å². The van der Waals surface area contributed by atoms with E-state index in [2.05, 4.69) is 10.4 Å². The average Bonchev–Trinajstić information content (AvgIpc) is 2.83. The Hall–Kier alpha value is -2.74. The number of hydrogen-bond acceptors (Lipinski definition) is 5. The maximum Gasteiger partial charge on any atom is 0.343 e. The molecule has 21 heavy (non-hydrogen) atoms. The third-order valence-corrected chi connectivity index (χ3v) is 2.93. The number of benzene rings is 1. The van der Waals surface area contributed by atoms with Gasteiger partial charge in [0.15, 0.2) is 0 Å². The molecule has 2 aromatic rings. The molecule has 0 spiro atoms. The minimum Gasteiger partial charge on any atom is -0.477 e. The highest BCUT2D eigenvalue weighted by Crippen LogP contribution is 2.22. The third kappa shape index (κ3) is 3.42. The van der Waals surface area contributed by atoms with Crippen LogP contribution in [0.2, 0.25) is 0 Å². The number of carboxylic acids is 1. The molecule has 1 heterocycles. The maximum absolute atomic E-state index is 11.2. The van der Waals surface area contributed by atoms with Gasteiger partial charge in [0.25, 0.3) is 5.69 Å². The highest BCUT2D eigenvalue weighted by atomic mass is 16.6. The molecule has 8 nitrogen and oxygen atoms in total. The summed E-state index contributed by atoms with van der Waals surface area (Å²) < 4.78 is 1.66. The Balaban J connectivity index is 2.14. The van der Waals surface area contributed by atoms with Crippen LogP contribution in [-0.2, 0) is 20.1 Å². The van der Waals surface area contributed by atoms with Crippen molar-refractivity contribution in [3.8, 4) is 0 Å². The van der Waals surface area contributed by atoms with Crippen LogP contribution in [0.3, 0.4) is 0 Å². The Morgan fingerprint density at radius 3 is 2.76 bits per heavy atom. The van der Waals surface area contributed by atoms with Crippen molar-refractivity contribution in [3.05, 3.63) is 57.4 Å². The minimum atomic E-state index is -1.31. The normalized spacial score (nSPS) is 10.5. The van der Waals surface area contributed by atoms with E-state index in [1.54, 1.807) is 24.0 Å². The Kier molecular flexibility index (Phi) is 4.29. The average molecular weight is 290 g/mol. The minimum absolute atomic E-state index is 0.208. The predicted octanol–water partition coefficient (Wildman–Crippen LogP) is 1.32. The quantitative estimate of drug-likeness (QED) is 0.613. The highest BCUT2D eigenvalue weighted by molar-refractivity contribution is 5.94. The van der Waals surface area contributed by atoms with Crippen molar-refractivity contribution in [3.63, 3.8) is 0 Å². The fourth-order valence-corrected chi connectivity index (χ4v) is 2.02. The van der Waals surface area contributed by atoms with Gasteiger partial charge in [-0.15, -0.1) is 0 Å². The number of aryl methyl sites for hydroxylation is 1. The first-order valence-electron chi connectivity index (χ1n) is 6.18. The Labute approximate surface area is 120 Å². The van der Waals surface area contributed by atoms with Gasteiger partial charge in [-0.25, -0.2) is 4.79 Å². The number of nitrogens with zero attached hydrogens (tertiary/aromatic N) is 3. The molecule has 8 heteroatoms. The molecular formula is C13H14N4O4. The predicted molar refractivity (Wildman–Crippen MR) is 73.8 cm³/mol. The largest absolute Gasteiger partial charge is 0.477 e. The number of carbonyl (C=O) groups is 1. The van der Waals surface area contributed by atoms with Gasteiger partial charge in [0.1, 0.15) is 5.56 Å². The summed E-state index contributed by atoms with van der Waals surface area (Å²) in [6, 6.07) is 6.05. The molecular weight excluding hydrogens is 276 g/mol. The molecule has 0 amide bonds. The lowest BCUT2D eigenvalue weighted by atomic mass is 10.1. The second-order valence-corrected chi connectivity index (χ2v) is 4.46. The highest BCUT2D eigenvalue weighted by Gasteiger charge is 2.22. The van der Waals surface area contributed by atoms with Crippen molar-refractivity contribution < 1.29 is 14.8 Å². The second kappa shape index (κ2) is 6.14. The Morgan fingerprint density at radius 1 is 1.43 bits per heavy atom. The van der Waals surface area contributed by atoms with Gasteiger partial charge in [0, 0.05) is 32.4 Å². The van der Waals surface area contributed by atoms with Crippen LogP contribution in [0.4, 0.5) is 5.69 Å². The first-order valence-corrected chi connectivity index (χ1v) is 6.18. The van der Waals surface area contributed by atoms with Crippen LogP contribution in [-0.4, -0.2) is 25.8 Å². The molecule has 0 radical (unpaired) electrons. The van der Waals surface area contributed by atoms with Crippen LogP contribution in [0.15, 0.2) is 30.5 Å². The van der Waals surface area contributed by atoms with Crippen LogP contribution < -0.4 is 5.32 Å². The van der Waals surface area contributed by atoms with E-state index in [1.165, 1.54) is 12.1 Å². The zero-order chi connectivity index (χ0) is 15.4. The first-order chi connectivity index (χ1) is 9.99. The van der Waals surface area contributed by atoms with Crippen molar-refractivity contribution in [2.45, 2.75) is 13.1 Å². The molecule has 0 saturated heterocycles. The standard InChI is InChI=1S/C13H14N4O4/c1-16-6-5-10(15-16)8-14-7-9-3-2-4-11(17(20)21)12(9)13(18)19/h2-6,14H,7-8H2,1H3,(H,18,19). The van der Waals surface area contributed by atoms with Crippen LogP contribution in [0, 0.1) is 10.1 Å². The van der Waals surface area contributed by atoms with Crippen LogP contribution in [0.5, 0.6) is 0 Å². The summed E-state index contributed by atoms with van der Waals surface area (Å²) in [4.78, 5) is 21.4. The molecule has 0 aliphatic carbocycles. The van der Waals surface area contributed by atoms with Crippen molar-refractivity contribution in [1.82, 2.24) is 15.1 Å². The number of carboxylic acid groups (broad SMARTS) is 1. The van der Waals surface area contributed by atoms with Crippen molar-refractivity contribution in [1.29, 1.82) is 0 Å². The van der Waals surface area contributed by atoms with Crippen molar-refractivity contribution in [2.24, 2.45) is 7.05 Å². The molecule has 0 aliphatic heterocycles. The number of aromatic carboxylic acids is 1. The van der Waals surface area contributed by atoms with E-state index in [1.807, 2.05) is 6.07 Å². The Bertz CT molecular complexity index is 681. The summed E-state index contributed by atoms with van der Waals surface area (Å²) in [5, 5.41) is 27.3. The summed E-state index contributed by atoms with van der Waals surface area (Å²) in [5.74, 6) is -1.31. The van der Waals surface area contributed by atoms with Crippen LogP contribution in [0.1, 0.15) is 21.6 Å². The summed E-state index contributed by atoms with van der Waals surface area (Å²) in [7, 11) is 1.80. The van der Waals surface area contributed by atoms with Gasteiger partial charge in [-0.05, 0) is 11.6 Å². The lowest BCUT2D eigenvalue weighted by molar-refractivity contribution is -0.385. The number of nitrogens with one attached hydrogen (secondary N) is 1. The maximum atomic E-state index is 11.2. The van der Waals surface area contributed by atoms with Gasteiger partial charge < -0.3 is 10.4 Å². The van der Waals surface area contributed by atoms with E-state index in [0.717, 1.165) is 5.69 Å². The summed E-state index contributed by atoms with van der Waals surface area (Å²) >= 11 is 0. The van der Waals surface area contributed by atoms with Gasteiger partial charge >= 0.3 is 5.97 Å². The fraction of sp³-hybridized carbons (Fsp3) is 0.231. The van der Waals surface area contributed by atoms with Gasteiger partial charge in [-0.2, -0.15) is 5.10 Å². The lowest BCUT2D eigenvalue weighted by Gasteiger charge is -2.07. The molecule has 0 fully saturated rings. The summed E-state index contributed by atoms with van der Waals surface area (Å²) in [5.41, 5.74) is 0.489. The number of nitro benzene ring substituents is 1. The van der Waals surface area contributed by atoms with Crippen molar-refractivity contribution >= 4 is 11.7 Å². The zero-order valence-corrected chi connectivity index (χ0v) is 11.3. The van der Waals surface area contributed by atoms with Crippen LogP contribution in [0.25, 0.3) is 0 Å². The molecule has 0 unspecified atom stereocenters. The summed E-state index contributed by atoms with van der Waals surface area (Å²) in [6.45, 7) is 0.655. The number of hydrogen-bond donors (Lipinski definition) is 2. The smallest absolute Gasteiger partial charge is 0.343 e. The number of nitro groups is 1. The molecule has 1 aromatic heterocycles. The molecule has 0 bridgehead atoms. The first kappa shape index (κ1) is 14.7. The zero-order valence-electron chi connectivity index (χ0n) is 11.3. The number of aromatic nitrogens is 2. The topological polar surface area (TPSA) is 110 Å². The van der Waals surface area contributed by atoms with Gasteiger partial charge in [-0.3, -0.25) is 14.8 Å². The molecule has 2 N–H and O–H groups in total. The van der Waals surface area contributed by atoms with Crippen molar-refractivity contribution in [2.75, 3.05) is 0 Å². The molecule has 0 aliphatic rings. The van der Waals surface area contributed by atoms with E-state index in [-0.39, 0.29) is 12.1 Å². The monoisotopic (exact) mass is 290 g/mol. The SMILES string of the molecule is Cn1ccc(CNCc2cccc([N+](=O)[O-])c2C(=O)O)n1. The van der Waals surface area contributed by atoms with E-state index in [4.69, 9.17) is 5.11 Å². The van der Waals surface area contributed by atoms with E-state index in [0.29, 0.717) is 12.1 Å².